The minimum Gasteiger partial charge on any atom is -0.439 e. The maximum atomic E-state index is 12.9. The van der Waals surface area contributed by atoms with Gasteiger partial charge in [-0.05, 0) is 17.5 Å². The van der Waals surface area contributed by atoms with Crippen molar-refractivity contribution in [2.24, 2.45) is 7.05 Å². The molecule has 1 atom stereocenters. The van der Waals surface area contributed by atoms with Crippen molar-refractivity contribution in [3.8, 4) is 10.6 Å². The van der Waals surface area contributed by atoms with Crippen molar-refractivity contribution in [3.05, 3.63) is 29.3 Å². The first-order valence-corrected chi connectivity index (χ1v) is 8.67. The summed E-state index contributed by atoms with van der Waals surface area (Å²) >= 11 is 1.59. The first-order chi connectivity index (χ1) is 11.5. The summed E-state index contributed by atoms with van der Waals surface area (Å²) in [6.45, 7) is 1.54. The molecule has 0 aromatic carbocycles. The first kappa shape index (κ1) is 15.2. The Morgan fingerprint density at radius 1 is 1.38 bits per heavy atom. The third-order valence-corrected chi connectivity index (χ3v) is 5.51. The standard InChI is InChI=1S/C16H18N4O3S/c1-18-9-16(23-15(18)22)5-6-20(10-16)14(21)12-8-11(17-19(12)2)13-4-3-7-24-13/h3-4,7-8H,5-6,9-10H2,1-2H3/t16-/m0/s1. The van der Waals surface area contributed by atoms with Crippen LogP contribution in [0.2, 0.25) is 0 Å². The Balaban J connectivity index is 1.54. The van der Waals surface area contributed by atoms with Crippen LogP contribution >= 0.6 is 11.3 Å². The molecular formula is C16H18N4O3S. The third kappa shape index (κ3) is 2.37. The fourth-order valence-electron chi connectivity index (χ4n) is 3.40. The van der Waals surface area contributed by atoms with E-state index in [0.29, 0.717) is 31.7 Å². The molecule has 2 aliphatic rings. The molecule has 126 valence electrons. The lowest BCUT2D eigenvalue weighted by molar-refractivity contribution is 0.0548. The van der Waals surface area contributed by atoms with Crippen LogP contribution in [-0.2, 0) is 11.8 Å². The van der Waals surface area contributed by atoms with E-state index in [2.05, 4.69) is 5.10 Å². The Labute approximate surface area is 143 Å². The van der Waals surface area contributed by atoms with Crippen LogP contribution < -0.4 is 0 Å². The maximum absolute atomic E-state index is 12.9. The molecule has 2 aromatic heterocycles. The number of ether oxygens (including phenoxy) is 1. The van der Waals surface area contributed by atoms with Crippen LogP contribution in [0.4, 0.5) is 4.79 Å². The molecule has 2 saturated heterocycles. The highest BCUT2D eigenvalue weighted by atomic mass is 32.1. The van der Waals surface area contributed by atoms with Gasteiger partial charge in [0.25, 0.3) is 5.91 Å². The van der Waals surface area contributed by atoms with Gasteiger partial charge in [-0.2, -0.15) is 5.10 Å². The highest BCUT2D eigenvalue weighted by Gasteiger charge is 2.49. The molecular weight excluding hydrogens is 328 g/mol. The van der Waals surface area contributed by atoms with E-state index in [1.165, 1.54) is 0 Å². The molecule has 0 aliphatic carbocycles. The summed E-state index contributed by atoms with van der Waals surface area (Å²) < 4.78 is 7.13. The zero-order chi connectivity index (χ0) is 16.9. The second-order valence-electron chi connectivity index (χ2n) is 6.40. The van der Waals surface area contributed by atoms with E-state index in [0.717, 1.165) is 10.6 Å². The molecule has 7 nitrogen and oxygen atoms in total. The number of amides is 2. The van der Waals surface area contributed by atoms with Gasteiger partial charge >= 0.3 is 6.09 Å². The summed E-state index contributed by atoms with van der Waals surface area (Å²) in [6, 6.07) is 5.78. The van der Waals surface area contributed by atoms with Crippen LogP contribution in [0, 0.1) is 0 Å². The summed E-state index contributed by atoms with van der Waals surface area (Å²) in [5.74, 6) is -0.0738. The molecule has 2 aromatic rings. The Kier molecular flexibility index (Phi) is 3.38. The Morgan fingerprint density at radius 2 is 2.21 bits per heavy atom. The summed E-state index contributed by atoms with van der Waals surface area (Å²) in [4.78, 5) is 28.9. The summed E-state index contributed by atoms with van der Waals surface area (Å²) in [5.41, 5.74) is 0.793. The number of hydrogen-bond acceptors (Lipinski definition) is 5. The van der Waals surface area contributed by atoms with Gasteiger partial charge in [0.05, 0.1) is 18.0 Å². The maximum Gasteiger partial charge on any atom is 0.410 e. The third-order valence-electron chi connectivity index (χ3n) is 4.62. The number of nitrogens with zero attached hydrogens (tertiary/aromatic N) is 4. The monoisotopic (exact) mass is 346 g/mol. The van der Waals surface area contributed by atoms with Gasteiger partial charge in [-0.15, -0.1) is 11.3 Å². The molecule has 0 saturated carbocycles. The smallest absolute Gasteiger partial charge is 0.410 e. The van der Waals surface area contributed by atoms with Gasteiger partial charge in [-0.1, -0.05) is 6.07 Å². The fraction of sp³-hybridized carbons (Fsp3) is 0.438. The van der Waals surface area contributed by atoms with Crippen molar-refractivity contribution < 1.29 is 14.3 Å². The van der Waals surface area contributed by atoms with Crippen molar-refractivity contribution in [1.29, 1.82) is 0 Å². The van der Waals surface area contributed by atoms with Crippen LogP contribution in [0.1, 0.15) is 16.9 Å². The van der Waals surface area contributed by atoms with Crippen molar-refractivity contribution in [1.82, 2.24) is 19.6 Å². The summed E-state index contributed by atoms with van der Waals surface area (Å²) in [7, 11) is 3.50. The lowest BCUT2D eigenvalue weighted by Crippen LogP contribution is -2.39. The minimum atomic E-state index is -0.559. The molecule has 0 bridgehead atoms. The summed E-state index contributed by atoms with van der Waals surface area (Å²) in [6.07, 6.45) is 0.356. The minimum absolute atomic E-state index is 0.0738. The quantitative estimate of drug-likeness (QED) is 0.832. The van der Waals surface area contributed by atoms with Gasteiger partial charge in [-0.3, -0.25) is 9.48 Å². The molecule has 2 fully saturated rings. The summed E-state index contributed by atoms with van der Waals surface area (Å²) in [5, 5.41) is 6.43. The fourth-order valence-corrected chi connectivity index (χ4v) is 4.08. The molecule has 0 N–H and O–H groups in total. The lowest BCUT2D eigenvalue weighted by Gasteiger charge is -2.21. The van der Waals surface area contributed by atoms with Gasteiger partial charge in [0.15, 0.2) is 5.60 Å². The SMILES string of the molecule is CN1C[C@]2(CCN(C(=O)c3cc(-c4cccs4)nn3C)C2)OC1=O. The first-order valence-electron chi connectivity index (χ1n) is 7.79. The van der Waals surface area contributed by atoms with Crippen LogP contribution in [0.15, 0.2) is 23.6 Å². The zero-order valence-corrected chi connectivity index (χ0v) is 14.4. The number of thiophene rings is 1. The Morgan fingerprint density at radius 3 is 2.88 bits per heavy atom. The number of carbonyl (C=O) groups excluding carboxylic acids is 2. The van der Waals surface area contributed by atoms with Gasteiger partial charge < -0.3 is 14.5 Å². The second-order valence-corrected chi connectivity index (χ2v) is 7.35. The molecule has 0 unspecified atom stereocenters. The van der Waals surface area contributed by atoms with Crippen LogP contribution in [0.5, 0.6) is 0 Å². The van der Waals surface area contributed by atoms with Gasteiger partial charge in [0.2, 0.25) is 0 Å². The van der Waals surface area contributed by atoms with Crippen molar-refractivity contribution >= 4 is 23.3 Å². The molecule has 4 rings (SSSR count). The molecule has 2 aliphatic heterocycles. The largest absolute Gasteiger partial charge is 0.439 e. The van der Waals surface area contributed by atoms with Crippen molar-refractivity contribution in [3.63, 3.8) is 0 Å². The van der Waals surface area contributed by atoms with Gasteiger partial charge in [-0.25, -0.2) is 4.79 Å². The van der Waals surface area contributed by atoms with Crippen molar-refractivity contribution in [2.45, 2.75) is 12.0 Å². The normalized spacial score (nSPS) is 23.3. The van der Waals surface area contributed by atoms with E-state index in [1.54, 1.807) is 39.9 Å². The number of aryl methyl sites for hydroxylation is 1. The van der Waals surface area contributed by atoms with Gasteiger partial charge in [0.1, 0.15) is 11.4 Å². The number of likely N-dealkylation sites (tertiary alicyclic amines) is 1. The molecule has 8 heteroatoms. The van der Waals surface area contributed by atoms with E-state index in [9.17, 15) is 9.59 Å². The van der Waals surface area contributed by atoms with E-state index < -0.39 is 5.60 Å². The number of likely N-dealkylation sites (N-methyl/N-ethyl adjacent to an activating group) is 1. The topological polar surface area (TPSA) is 67.7 Å². The molecule has 24 heavy (non-hydrogen) atoms. The second kappa shape index (κ2) is 5.34. The van der Waals surface area contributed by atoms with E-state index >= 15 is 0 Å². The molecule has 4 heterocycles. The average molecular weight is 346 g/mol. The van der Waals surface area contributed by atoms with E-state index in [1.807, 2.05) is 23.6 Å². The predicted octanol–water partition coefficient (Wildman–Crippen LogP) is 1.82. The predicted molar refractivity (Wildman–Crippen MR) is 88.9 cm³/mol. The number of aromatic nitrogens is 2. The van der Waals surface area contributed by atoms with Crippen LogP contribution in [-0.4, -0.2) is 63.9 Å². The highest BCUT2D eigenvalue weighted by Crippen LogP contribution is 2.33. The number of rotatable bonds is 2. The molecule has 0 radical (unpaired) electrons. The van der Waals surface area contributed by atoms with Gasteiger partial charge in [0, 0.05) is 27.1 Å². The Bertz CT molecular complexity index is 800. The highest BCUT2D eigenvalue weighted by molar-refractivity contribution is 7.13. The Hall–Kier alpha value is -2.35. The van der Waals surface area contributed by atoms with Crippen LogP contribution in [0.3, 0.4) is 0 Å². The zero-order valence-electron chi connectivity index (χ0n) is 13.6. The van der Waals surface area contributed by atoms with E-state index in [4.69, 9.17) is 4.74 Å². The van der Waals surface area contributed by atoms with Crippen molar-refractivity contribution in [2.75, 3.05) is 26.7 Å². The lowest BCUT2D eigenvalue weighted by atomic mass is 10.0. The number of hydrogen-bond donors (Lipinski definition) is 0. The molecule has 2 amide bonds. The average Bonchev–Trinajstić information content (AvgIpc) is 3.28. The molecule has 1 spiro atoms. The van der Waals surface area contributed by atoms with E-state index in [-0.39, 0.29) is 12.0 Å². The van der Waals surface area contributed by atoms with Crippen LogP contribution in [0.25, 0.3) is 10.6 Å². The number of carbonyl (C=O) groups is 2.